The Kier molecular flexibility index (Phi) is 3.19. The minimum absolute atomic E-state index is 0.597. The van der Waals surface area contributed by atoms with Gasteiger partial charge in [-0.05, 0) is 29.8 Å². The van der Waals surface area contributed by atoms with Gasteiger partial charge in [-0.1, -0.05) is 23.2 Å². The highest BCUT2D eigenvalue weighted by atomic mass is 35.5. The maximum absolute atomic E-state index is 6.03. The van der Waals surface area contributed by atoms with Crippen LogP contribution >= 0.6 is 23.2 Å². The number of rotatable bonds is 2. The van der Waals surface area contributed by atoms with Crippen LogP contribution in [-0.4, -0.2) is 9.97 Å². The van der Waals surface area contributed by atoms with Gasteiger partial charge in [0.2, 0.25) is 0 Å². The van der Waals surface area contributed by atoms with E-state index in [0.29, 0.717) is 16.5 Å². The zero-order chi connectivity index (χ0) is 10.7. The van der Waals surface area contributed by atoms with Gasteiger partial charge in [-0.2, -0.15) is 0 Å². The molecule has 0 amide bonds. The summed E-state index contributed by atoms with van der Waals surface area (Å²) in [6.45, 7) is 0. The normalized spacial score (nSPS) is 10.3. The van der Waals surface area contributed by atoms with E-state index in [2.05, 4.69) is 9.97 Å². The average Bonchev–Trinajstić information content (AvgIpc) is 2.25. The van der Waals surface area contributed by atoms with Crippen LogP contribution in [0.4, 0.5) is 0 Å². The quantitative estimate of drug-likeness (QED) is 0.802. The molecule has 0 radical (unpaired) electrons. The summed E-state index contributed by atoms with van der Waals surface area (Å²) in [6, 6.07) is 7.16. The van der Waals surface area contributed by atoms with Crippen LogP contribution in [0.3, 0.4) is 0 Å². The first-order valence-corrected chi connectivity index (χ1v) is 5.21. The predicted octanol–water partition coefficient (Wildman–Crippen LogP) is 3.37. The highest BCUT2D eigenvalue weighted by molar-refractivity contribution is 6.33. The van der Waals surface area contributed by atoms with Gasteiger partial charge in [-0.3, -0.25) is 0 Å². The van der Waals surface area contributed by atoms with Crippen LogP contribution in [0.1, 0.15) is 11.4 Å². The second-order valence-corrected chi connectivity index (χ2v) is 3.92. The van der Waals surface area contributed by atoms with E-state index >= 15 is 0 Å². The Morgan fingerprint density at radius 1 is 1.07 bits per heavy atom. The molecule has 0 N–H and O–H groups in total. The van der Waals surface area contributed by atoms with Crippen molar-refractivity contribution >= 4 is 23.2 Å². The molecular weight excluding hydrogens is 231 g/mol. The third kappa shape index (κ3) is 2.67. The van der Waals surface area contributed by atoms with Crippen molar-refractivity contribution in [3.8, 4) is 0 Å². The van der Waals surface area contributed by atoms with Crippen molar-refractivity contribution in [3.05, 3.63) is 58.1 Å². The molecule has 0 saturated carbocycles. The van der Waals surface area contributed by atoms with E-state index in [1.807, 2.05) is 6.07 Å². The summed E-state index contributed by atoms with van der Waals surface area (Å²) in [5.74, 6) is 0.738. The zero-order valence-electron chi connectivity index (χ0n) is 7.82. The molecule has 76 valence electrons. The maximum atomic E-state index is 6.03. The van der Waals surface area contributed by atoms with E-state index in [0.717, 1.165) is 11.4 Å². The van der Waals surface area contributed by atoms with Gasteiger partial charge in [-0.25, -0.2) is 9.97 Å². The van der Waals surface area contributed by atoms with Gasteiger partial charge in [0, 0.05) is 28.9 Å². The van der Waals surface area contributed by atoms with Gasteiger partial charge >= 0.3 is 0 Å². The van der Waals surface area contributed by atoms with Gasteiger partial charge in [0.25, 0.3) is 0 Å². The van der Waals surface area contributed by atoms with Gasteiger partial charge in [0.1, 0.15) is 5.82 Å². The molecule has 4 heteroatoms. The summed E-state index contributed by atoms with van der Waals surface area (Å²) in [7, 11) is 0. The fourth-order valence-corrected chi connectivity index (χ4v) is 1.65. The number of halogens is 2. The van der Waals surface area contributed by atoms with Crippen LogP contribution in [0.5, 0.6) is 0 Å². The van der Waals surface area contributed by atoms with Crippen LogP contribution in [-0.2, 0) is 6.42 Å². The van der Waals surface area contributed by atoms with Crippen LogP contribution in [0.2, 0.25) is 10.0 Å². The first-order valence-electron chi connectivity index (χ1n) is 4.45. The van der Waals surface area contributed by atoms with E-state index in [4.69, 9.17) is 23.2 Å². The fraction of sp³-hybridized carbons (Fsp3) is 0.0909. The molecule has 1 heterocycles. The molecule has 2 rings (SSSR count). The number of nitrogens with zero attached hydrogens (tertiary/aromatic N) is 2. The summed E-state index contributed by atoms with van der Waals surface area (Å²) >= 11 is 11.9. The summed E-state index contributed by atoms with van der Waals surface area (Å²) in [4.78, 5) is 8.26. The lowest BCUT2D eigenvalue weighted by atomic mass is 10.1. The second-order valence-electron chi connectivity index (χ2n) is 3.08. The number of aromatic nitrogens is 2. The highest BCUT2D eigenvalue weighted by Crippen LogP contribution is 2.22. The molecule has 0 atom stereocenters. The Labute approximate surface area is 97.9 Å². The highest BCUT2D eigenvalue weighted by Gasteiger charge is 2.04. The molecule has 0 saturated heterocycles. The lowest BCUT2D eigenvalue weighted by Crippen LogP contribution is -1.95. The lowest BCUT2D eigenvalue weighted by molar-refractivity contribution is 0.968. The van der Waals surface area contributed by atoms with E-state index < -0.39 is 0 Å². The standard InChI is InChI=1S/C11H8Cl2N2/c12-9-2-3-10(13)8(6-9)7-11-14-4-1-5-15-11/h1-6H,7H2. The van der Waals surface area contributed by atoms with Crippen molar-refractivity contribution in [2.45, 2.75) is 6.42 Å². The van der Waals surface area contributed by atoms with E-state index in [-0.39, 0.29) is 0 Å². The average molecular weight is 239 g/mol. The van der Waals surface area contributed by atoms with E-state index in [1.165, 1.54) is 0 Å². The molecule has 0 spiro atoms. The number of benzene rings is 1. The first kappa shape index (κ1) is 10.4. The van der Waals surface area contributed by atoms with E-state index in [9.17, 15) is 0 Å². The molecule has 1 aromatic heterocycles. The zero-order valence-corrected chi connectivity index (χ0v) is 9.33. The van der Waals surface area contributed by atoms with Crippen LogP contribution in [0, 0.1) is 0 Å². The molecule has 0 fully saturated rings. The minimum atomic E-state index is 0.597. The van der Waals surface area contributed by atoms with Crippen molar-refractivity contribution < 1.29 is 0 Å². The molecule has 0 aliphatic heterocycles. The van der Waals surface area contributed by atoms with Crippen LogP contribution in [0.15, 0.2) is 36.7 Å². The minimum Gasteiger partial charge on any atom is -0.241 e. The lowest BCUT2D eigenvalue weighted by Gasteiger charge is -2.03. The van der Waals surface area contributed by atoms with Crippen molar-refractivity contribution in [2.24, 2.45) is 0 Å². The first-order chi connectivity index (χ1) is 7.25. The molecule has 0 aliphatic carbocycles. The third-order valence-electron chi connectivity index (χ3n) is 1.98. The summed E-state index contributed by atoms with van der Waals surface area (Å²) in [5.41, 5.74) is 0.940. The van der Waals surface area contributed by atoms with Gasteiger partial charge in [0.05, 0.1) is 0 Å². The molecule has 0 bridgehead atoms. The molecule has 2 aromatic rings. The SMILES string of the molecule is Clc1ccc(Cl)c(Cc2ncccn2)c1. The Hall–Kier alpha value is -1.12. The second kappa shape index (κ2) is 4.60. The molecule has 0 unspecified atom stereocenters. The Morgan fingerprint density at radius 3 is 2.53 bits per heavy atom. The summed E-state index contributed by atoms with van der Waals surface area (Å²) in [6.07, 6.45) is 4.02. The van der Waals surface area contributed by atoms with Crippen molar-refractivity contribution in [1.82, 2.24) is 9.97 Å². The number of hydrogen-bond donors (Lipinski definition) is 0. The van der Waals surface area contributed by atoms with Gasteiger partial charge in [0.15, 0.2) is 0 Å². The predicted molar refractivity (Wildman–Crippen MR) is 61.3 cm³/mol. The molecular formula is C11H8Cl2N2. The van der Waals surface area contributed by atoms with Crippen molar-refractivity contribution in [1.29, 1.82) is 0 Å². The van der Waals surface area contributed by atoms with E-state index in [1.54, 1.807) is 30.6 Å². The summed E-state index contributed by atoms with van der Waals surface area (Å²) < 4.78 is 0. The van der Waals surface area contributed by atoms with Crippen molar-refractivity contribution in [3.63, 3.8) is 0 Å². The molecule has 2 nitrogen and oxygen atoms in total. The van der Waals surface area contributed by atoms with Gasteiger partial charge < -0.3 is 0 Å². The van der Waals surface area contributed by atoms with Crippen LogP contribution in [0.25, 0.3) is 0 Å². The smallest absolute Gasteiger partial charge is 0.132 e. The molecule has 0 aliphatic rings. The Morgan fingerprint density at radius 2 is 1.80 bits per heavy atom. The Balaban J connectivity index is 2.28. The summed E-state index contributed by atoms with van der Waals surface area (Å²) in [5, 5.41) is 1.36. The van der Waals surface area contributed by atoms with Gasteiger partial charge in [-0.15, -0.1) is 0 Å². The topological polar surface area (TPSA) is 25.8 Å². The largest absolute Gasteiger partial charge is 0.241 e. The third-order valence-corrected chi connectivity index (χ3v) is 2.58. The number of hydrogen-bond acceptors (Lipinski definition) is 2. The molecule has 1 aromatic carbocycles. The fourth-order valence-electron chi connectivity index (χ4n) is 1.27. The molecule has 15 heavy (non-hydrogen) atoms. The van der Waals surface area contributed by atoms with Crippen LogP contribution < -0.4 is 0 Å². The van der Waals surface area contributed by atoms with Crippen molar-refractivity contribution in [2.75, 3.05) is 0 Å². The maximum Gasteiger partial charge on any atom is 0.132 e. The Bertz CT molecular complexity index is 457. The monoisotopic (exact) mass is 238 g/mol.